The van der Waals surface area contributed by atoms with Crippen LogP contribution in [0.5, 0.6) is 0 Å². The fourth-order valence-electron chi connectivity index (χ4n) is 0.908. The summed E-state index contributed by atoms with van der Waals surface area (Å²) in [7, 11) is -3.72. The van der Waals surface area contributed by atoms with Crippen molar-refractivity contribution in [2.24, 2.45) is 0 Å². The highest BCUT2D eigenvalue weighted by atomic mass is 32.2. The van der Waals surface area contributed by atoms with Gasteiger partial charge in [-0.25, -0.2) is 17.5 Å². The average Bonchev–Trinajstić information content (AvgIpc) is 2.18. The van der Waals surface area contributed by atoms with Gasteiger partial charge in [-0.15, -0.1) is 0 Å². The first kappa shape index (κ1) is 12.0. The minimum Gasteiger partial charge on any atom is -0.396 e. The lowest BCUT2D eigenvalue weighted by molar-refractivity contribution is 0.289. The molecule has 15 heavy (non-hydrogen) atoms. The van der Waals surface area contributed by atoms with E-state index in [4.69, 9.17) is 5.11 Å². The molecule has 0 saturated carbocycles. The van der Waals surface area contributed by atoms with Gasteiger partial charge in [-0.3, -0.25) is 4.98 Å². The SMILES string of the molecule is O=S(=O)(NCCCO)c1cncc(F)c1. The van der Waals surface area contributed by atoms with Crippen LogP contribution in [0, 0.1) is 5.82 Å². The predicted octanol–water partition coefficient (Wildman–Crippen LogP) is -0.119. The number of aliphatic hydroxyl groups excluding tert-OH is 1. The van der Waals surface area contributed by atoms with E-state index in [9.17, 15) is 12.8 Å². The maximum atomic E-state index is 12.7. The molecule has 0 spiro atoms. The number of halogens is 1. The van der Waals surface area contributed by atoms with Crippen molar-refractivity contribution >= 4 is 10.0 Å². The molecule has 0 aliphatic heterocycles. The second-order valence-electron chi connectivity index (χ2n) is 2.81. The third kappa shape index (κ3) is 3.54. The Bertz CT molecular complexity index is 422. The van der Waals surface area contributed by atoms with Crippen LogP contribution in [0.3, 0.4) is 0 Å². The van der Waals surface area contributed by atoms with Gasteiger partial charge >= 0.3 is 0 Å². The zero-order valence-electron chi connectivity index (χ0n) is 7.85. The molecule has 1 aromatic heterocycles. The Kier molecular flexibility index (Phi) is 4.13. The molecule has 0 radical (unpaired) electrons. The van der Waals surface area contributed by atoms with Crippen molar-refractivity contribution in [2.45, 2.75) is 11.3 Å². The number of sulfonamides is 1. The summed E-state index contributed by atoms with van der Waals surface area (Å²) in [5.41, 5.74) is 0. The van der Waals surface area contributed by atoms with Crippen molar-refractivity contribution in [1.29, 1.82) is 0 Å². The first-order valence-corrected chi connectivity index (χ1v) is 5.75. The maximum absolute atomic E-state index is 12.7. The number of nitrogens with one attached hydrogen (secondary N) is 1. The molecule has 0 unspecified atom stereocenters. The molecule has 0 fully saturated rings. The average molecular weight is 234 g/mol. The molecule has 0 bridgehead atoms. The van der Waals surface area contributed by atoms with E-state index in [1.807, 2.05) is 0 Å². The van der Waals surface area contributed by atoms with Crippen molar-refractivity contribution in [1.82, 2.24) is 9.71 Å². The summed E-state index contributed by atoms with van der Waals surface area (Å²) in [4.78, 5) is 3.21. The van der Waals surface area contributed by atoms with Gasteiger partial charge in [0.25, 0.3) is 0 Å². The normalized spacial score (nSPS) is 11.6. The fraction of sp³-hybridized carbons (Fsp3) is 0.375. The lowest BCUT2D eigenvalue weighted by Crippen LogP contribution is -2.25. The van der Waals surface area contributed by atoms with Crippen LogP contribution in [-0.2, 0) is 10.0 Å². The molecule has 2 N–H and O–H groups in total. The van der Waals surface area contributed by atoms with E-state index in [1.54, 1.807) is 0 Å². The van der Waals surface area contributed by atoms with E-state index < -0.39 is 15.8 Å². The lowest BCUT2D eigenvalue weighted by Gasteiger charge is -2.04. The van der Waals surface area contributed by atoms with Crippen LogP contribution in [0.1, 0.15) is 6.42 Å². The van der Waals surface area contributed by atoms with Crippen LogP contribution in [0.4, 0.5) is 4.39 Å². The van der Waals surface area contributed by atoms with Gasteiger partial charge < -0.3 is 5.11 Å². The summed E-state index contributed by atoms with van der Waals surface area (Å²) in [5, 5.41) is 8.47. The molecule has 0 atom stereocenters. The minimum absolute atomic E-state index is 0.106. The Morgan fingerprint density at radius 3 is 2.80 bits per heavy atom. The zero-order chi connectivity index (χ0) is 11.3. The van der Waals surface area contributed by atoms with Crippen LogP contribution in [0.2, 0.25) is 0 Å². The van der Waals surface area contributed by atoms with Gasteiger partial charge in [-0.05, 0) is 12.5 Å². The van der Waals surface area contributed by atoms with Gasteiger partial charge in [0.15, 0.2) is 0 Å². The molecular formula is C8H11FN2O3S. The second-order valence-corrected chi connectivity index (χ2v) is 4.58. The summed E-state index contributed by atoms with van der Waals surface area (Å²) in [6.07, 6.45) is 2.29. The molecule has 7 heteroatoms. The number of hydrogen-bond donors (Lipinski definition) is 2. The predicted molar refractivity (Wildman–Crippen MR) is 51.1 cm³/mol. The Morgan fingerprint density at radius 1 is 1.47 bits per heavy atom. The highest BCUT2D eigenvalue weighted by Gasteiger charge is 2.13. The molecule has 1 rings (SSSR count). The minimum atomic E-state index is -3.72. The number of nitrogens with zero attached hydrogens (tertiary/aromatic N) is 1. The molecule has 0 aliphatic carbocycles. The van der Waals surface area contributed by atoms with Gasteiger partial charge in [0.05, 0.1) is 6.20 Å². The number of aromatic nitrogens is 1. The molecule has 84 valence electrons. The highest BCUT2D eigenvalue weighted by molar-refractivity contribution is 7.89. The van der Waals surface area contributed by atoms with Crippen molar-refractivity contribution in [3.05, 3.63) is 24.3 Å². The Morgan fingerprint density at radius 2 is 2.20 bits per heavy atom. The van der Waals surface area contributed by atoms with Crippen molar-refractivity contribution in [2.75, 3.05) is 13.2 Å². The summed E-state index contributed by atoms with van der Waals surface area (Å²) in [5.74, 6) is -0.708. The van der Waals surface area contributed by atoms with Crippen molar-refractivity contribution in [3.8, 4) is 0 Å². The number of rotatable bonds is 5. The highest BCUT2D eigenvalue weighted by Crippen LogP contribution is 2.07. The van der Waals surface area contributed by atoms with Crippen LogP contribution in [0.25, 0.3) is 0 Å². The van der Waals surface area contributed by atoms with Gasteiger partial charge in [-0.2, -0.15) is 0 Å². The molecule has 1 aromatic rings. The standard InChI is InChI=1S/C8H11FN2O3S/c9-7-4-8(6-10-5-7)15(13,14)11-2-1-3-12/h4-6,11-12H,1-3H2. The van der Waals surface area contributed by atoms with Crippen molar-refractivity contribution in [3.63, 3.8) is 0 Å². The number of pyridine rings is 1. The molecule has 1 heterocycles. The maximum Gasteiger partial charge on any atom is 0.242 e. The van der Waals surface area contributed by atoms with Crippen LogP contribution < -0.4 is 4.72 Å². The topological polar surface area (TPSA) is 79.3 Å². The lowest BCUT2D eigenvalue weighted by atomic mass is 10.5. The summed E-state index contributed by atoms with van der Waals surface area (Å²) in [6, 6.07) is 0.883. The number of aliphatic hydroxyl groups is 1. The largest absolute Gasteiger partial charge is 0.396 e. The Balaban J connectivity index is 2.77. The monoisotopic (exact) mass is 234 g/mol. The van der Waals surface area contributed by atoms with Crippen molar-refractivity contribution < 1.29 is 17.9 Å². The third-order valence-corrected chi connectivity index (χ3v) is 3.05. The van der Waals surface area contributed by atoms with E-state index in [2.05, 4.69) is 9.71 Å². The van der Waals surface area contributed by atoms with Crippen LogP contribution in [0.15, 0.2) is 23.4 Å². The van der Waals surface area contributed by atoms with Crippen LogP contribution in [-0.4, -0.2) is 31.7 Å². The first-order chi connectivity index (χ1) is 7.06. The second kappa shape index (κ2) is 5.15. The van der Waals surface area contributed by atoms with E-state index in [-0.39, 0.29) is 18.0 Å². The van der Waals surface area contributed by atoms with Gasteiger partial charge in [0.2, 0.25) is 10.0 Å². The Labute approximate surface area is 87.0 Å². The zero-order valence-corrected chi connectivity index (χ0v) is 8.67. The first-order valence-electron chi connectivity index (χ1n) is 4.27. The smallest absolute Gasteiger partial charge is 0.242 e. The molecular weight excluding hydrogens is 223 g/mol. The van der Waals surface area contributed by atoms with Crippen LogP contribution >= 0.6 is 0 Å². The molecule has 0 aliphatic rings. The molecule has 0 saturated heterocycles. The van der Waals surface area contributed by atoms with E-state index >= 15 is 0 Å². The summed E-state index contributed by atoms with van der Waals surface area (Å²) < 4.78 is 37.8. The van der Waals surface area contributed by atoms with Gasteiger partial charge in [0.1, 0.15) is 10.7 Å². The third-order valence-electron chi connectivity index (χ3n) is 1.62. The quantitative estimate of drug-likeness (QED) is 0.696. The van der Waals surface area contributed by atoms with Gasteiger partial charge in [-0.1, -0.05) is 0 Å². The molecule has 0 amide bonds. The molecule has 5 nitrogen and oxygen atoms in total. The van der Waals surface area contributed by atoms with Gasteiger partial charge in [0, 0.05) is 19.3 Å². The Hall–Kier alpha value is -1.05. The number of hydrogen-bond acceptors (Lipinski definition) is 4. The summed E-state index contributed by atoms with van der Waals surface area (Å²) in [6.45, 7) is -0.000727. The summed E-state index contributed by atoms with van der Waals surface area (Å²) >= 11 is 0. The fourth-order valence-corrected chi connectivity index (χ4v) is 1.96. The van der Waals surface area contributed by atoms with E-state index in [0.29, 0.717) is 6.42 Å². The van der Waals surface area contributed by atoms with E-state index in [1.165, 1.54) is 0 Å². The molecule has 0 aromatic carbocycles. The van der Waals surface area contributed by atoms with E-state index in [0.717, 1.165) is 18.5 Å².